The fourth-order valence-electron chi connectivity index (χ4n) is 6.78. The Hall–Kier alpha value is -4.17. The van der Waals surface area contributed by atoms with Crippen LogP contribution in [0.25, 0.3) is 11.0 Å². The van der Waals surface area contributed by atoms with Crippen molar-refractivity contribution >= 4 is 40.4 Å². The lowest BCUT2D eigenvalue weighted by Gasteiger charge is -2.35. The van der Waals surface area contributed by atoms with E-state index in [9.17, 15) is 37.1 Å². The van der Waals surface area contributed by atoms with Gasteiger partial charge in [0.25, 0.3) is 5.88 Å². The number of hydrogen-bond donors (Lipinski definition) is 3. The number of nitrogens with zero attached hydrogens (tertiary/aromatic N) is 2. The van der Waals surface area contributed by atoms with E-state index in [1.807, 2.05) is 26.8 Å². The molecule has 0 radical (unpaired) electrons. The molecule has 2 saturated heterocycles. The molecule has 1 saturated carbocycles. The molecule has 1 aliphatic carbocycles. The Morgan fingerprint density at radius 2 is 1.91 bits per heavy atom. The van der Waals surface area contributed by atoms with Gasteiger partial charge in [-0.25, -0.2) is 0 Å². The first kappa shape index (κ1) is 33.2. The molecule has 0 spiro atoms. The molecular weight excluding hydrogens is 611 g/mol. The van der Waals surface area contributed by atoms with Gasteiger partial charge in [-0.15, -0.1) is 0 Å². The number of hydrogen-bond acceptors (Lipinski definition) is 8. The number of ketones is 1. The molecule has 5 rings (SSSR count). The van der Waals surface area contributed by atoms with Crippen LogP contribution < -0.4 is 20.7 Å². The van der Waals surface area contributed by atoms with E-state index in [4.69, 9.17) is 9.26 Å². The van der Waals surface area contributed by atoms with Crippen molar-refractivity contribution in [3.05, 3.63) is 23.8 Å². The molecule has 1 aromatic carbocycles. The summed E-state index contributed by atoms with van der Waals surface area (Å²) in [5.41, 5.74) is 1.06. The van der Waals surface area contributed by atoms with Crippen LogP contribution in [-0.4, -0.2) is 83.5 Å². The van der Waals surface area contributed by atoms with Crippen molar-refractivity contribution in [3.8, 4) is 5.88 Å². The topological polar surface area (TPSA) is 160 Å². The summed E-state index contributed by atoms with van der Waals surface area (Å²) in [4.78, 5) is 66.6. The minimum atomic E-state index is -5.20. The molecule has 6 atom stereocenters. The molecule has 12 nitrogen and oxygen atoms in total. The quantitative estimate of drug-likeness (QED) is 0.334. The second-order valence-electron chi connectivity index (χ2n) is 13.4. The predicted octanol–water partition coefficient (Wildman–Crippen LogP) is 2.28. The van der Waals surface area contributed by atoms with E-state index >= 15 is 0 Å². The van der Waals surface area contributed by atoms with Gasteiger partial charge in [-0.05, 0) is 65.8 Å². The molecule has 1 aromatic heterocycles. The van der Waals surface area contributed by atoms with Crippen molar-refractivity contribution < 1.29 is 46.4 Å². The number of benzene rings is 1. The number of halogens is 3. The summed E-state index contributed by atoms with van der Waals surface area (Å²) in [6.07, 6.45) is -4.76. The molecule has 4 amide bonds. The lowest BCUT2D eigenvalue weighted by molar-refractivity contribution is -0.175. The molecule has 2 aromatic rings. The number of likely N-dealkylation sites (tertiary alicyclic amines) is 1. The zero-order valence-corrected chi connectivity index (χ0v) is 26.2. The summed E-state index contributed by atoms with van der Waals surface area (Å²) in [6.45, 7) is 8.75. The van der Waals surface area contributed by atoms with Gasteiger partial charge in [0, 0.05) is 19.0 Å². The summed E-state index contributed by atoms with van der Waals surface area (Å²) in [5, 5.41) is 11.7. The summed E-state index contributed by atoms with van der Waals surface area (Å²) in [7, 11) is 0. The van der Waals surface area contributed by atoms with E-state index in [1.54, 1.807) is 17.4 Å². The fraction of sp³-hybridized carbons (Fsp3) is 0.613. The number of carbonyl (C=O) groups excluding carboxylic acids is 5. The number of aryl methyl sites for hydroxylation is 1. The van der Waals surface area contributed by atoms with Gasteiger partial charge in [0.1, 0.15) is 12.1 Å². The summed E-state index contributed by atoms with van der Waals surface area (Å²) in [6, 6.07) is 1.52. The Morgan fingerprint density at radius 3 is 2.54 bits per heavy atom. The van der Waals surface area contributed by atoms with Gasteiger partial charge < -0.3 is 30.1 Å². The largest absolute Gasteiger partial charge is 0.471 e. The van der Waals surface area contributed by atoms with Crippen molar-refractivity contribution in [1.82, 2.24) is 26.0 Å². The number of ether oxygens (including phenoxy) is 1. The Morgan fingerprint density at radius 1 is 1.20 bits per heavy atom. The minimum Gasteiger partial charge on any atom is -0.467 e. The average Bonchev–Trinajstić information content (AvgIpc) is 3.46. The molecule has 3 fully saturated rings. The molecule has 0 bridgehead atoms. The third-order valence-corrected chi connectivity index (χ3v) is 9.57. The number of piperidine rings is 1. The molecule has 15 heteroatoms. The van der Waals surface area contributed by atoms with Crippen molar-refractivity contribution in [3.63, 3.8) is 0 Å². The highest BCUT2D eigenvalue weighted by Gasteiger charge is 2.69. The van der Waals surface area contributed by atoms with Gasteiger partial charge in [-0.3, -0.25) is 24.0 Å². The van der Waals surface area contributed by atoms with Crippen LogP contribution in [0.2, 0.25) is 0 Å². The Bertz CT molecular complexity index is 1550. The minimum absolute atomic E-state index is 0.0209. The van der Waals surface area contributed by atoms with Crippen LogP contribution in [0.15, 0.2) is 22.7 Å². The molecule has 46 heavy (non-hydrogen) atoms. The maximum absolute atomic E-state index is 14.0. The highest BCUT2D eigenvalue weighted by molar-refractivity contribution is 5.97. The monoisotopic (exact) mass is 649 g/mol. The van der Waals surface area contributed by atoms with Crippen LogP contribution in [-0.2, 0) is 24.0 Å². The zero-order valence-electron chi connectivity index (χ0n) is 26.2. The molecule has 0 unspecified atom stereocenters. The first-order valence-electron chi connectivity index (χ1n) is 15.3. The van der Waals surface area contributed by atoms with Crippen LogP contribution in [0.5, 0.6) is 5.88 Å². The Labute approximate surface area is 263 Å². The highest BCUT2D eigenvalue weighted by atomic mass is 19.4. The Kier molecular flexibility index (Phi) is 8.81. The van der Waals surface area contributed by atoms with Crippen molar-refractivity contribution in [2.24, 2.45) is 29.1 Å². The van der Waals surface area contributed by atoms with Crippen LogP contribution in [0, 0.1) is 36.0 Å². The second kappa shape index (κ2) is 12.2. The molecule has 3 N–H and O–H groups in total. The van der Waals surface area contributed by atoms with Crippen molar-refractivity contribution in [1.29, 1.82) is 0 Å². The van der Waals surface area contributed by atoms with E-state index in [0.717, 1.165) is 5.56 Å². The highest BCUT2D eigenvalue weighted by Crippen LogP contribution is 2.65. The lowest BCUT2D eigenvalue weighted by atomic mass is 9.94. The van der Waals surface area contributed by atoms with Gasteiger partial charge in [-0.2, -0.15) is 13.2 Å². The number of aromatic nitrogens is 1. The van der Waals surface area contributed by atoms with E-state index in [2.05, 4.69) is 15.8 Å². The summed E-state index contributed by atoms with van der Waals surface area (Å²) in [5.74, 6) is -6.15. The maximum Gasteiger partial charge on any atom is 0.471 e. The standard InChI is InChI=1S/C31H38F3N5O7/c1-14(2)23(37-29(44)31(32,33)34)28(43)39-12-18-22(30(18,4)5)24(39)26(42)36-19(11-16-8-9-35-25(16)41)20(40)13-45-27-17-7-6-15(3)10-21(17)46-38-27/h6-7,10,14,16,18-19,22-24H,8-9,11-13H2,1-5H3,(H,35,41)(H,36,42)(H,37,44)/t16-,18-,19-,22-,23-,24-/m0/s1. The van der Waals surface area contributed by atoms with Crippen LogP contribution >= 0.6 is 0 Å². The van der Waals surface area contributed by atoms with E-state index in [0.29, 0.717) is 23.9 Å². The maximum atomic E-state index is 14.0. The van der Waals surface area contributed by atoms with E-state index in [-0.39, 0.29) is 42.0 Å². The zero-order chi connectivity index (χ0) is 33.7. The molecule has 2 aliphatic heterocycles. The van der Waals surface area contributed by atoms with Crippen molar-refractivity contribution in [2.75, 3.05) is 19.7 Å². The first-order chi connectivity index (χ1) is 21.5. The van der Waals surface area contributed by atoms with Crippen molar-refractivity contribution in [2.45, 2.75) is 71.8 Å². The van der Waals surface area contributed by atoms with Gasteiger partial charge in [0.05, 0.1) is 11.4 Å². The fourth-order valence-corrected chi connectivity index (χ4v) is 6.78. The van der Waals surface area contributed by atoms with Gasteiger partial charge in [0.15, 0.2) is 18.0 Å². The summed E-state index contributed by atoms with van der Waals surface area (Å²) < 4.78 is 50.2. The van der Waals surface area contributed by atoms with E-state index < -0.39 is 66.2 Å². The molecule has 250 valence electrons. The third-order valence-electron chi connectivity index (χ3n) is 9.57. The first-order valence-corrected chi connectivity index (χ1v) is 15.3. The van der Waals surface area contributed by atoms with Gasteiger partial charge >= 0.3 is 12.1 Å². The van der Waals surface area contributed by atoms with Gasteiger partial charge in [-0.1, -0.05) is 33.8 Å². The number of amides is 4. The normalized spacial score (nSPS) is 24.7. The molecule has 3 heterocycles. The molecule has 3 aliphatic rings. The third kappa shape index (κ3) is 6.41. The lowest BCUT2D eigenvalue weighted by Crippen LogP contribution is -2.59. The van der Waals surface area contributed by atoms with Crippen LogP contribution in [0.3, 0.4) is 0 Å². The summed E-state index contributed by atoms with van der Waals surface area (Å²) >= 11 is 0. The number of Topliss-reactive ketones (excluding diaryl/α,β-unsaturated/α-hetero) is 1. The number of rotatable bonds is 11. The Balaban J connectivity index is 1.35. The molecular formula is C31H38F3N5O7. The number of alkyl halides is 3. The van der Waals surface area contributed by atoms with E-state index in [1.165, 1.54) is 18.7 Å². The van der Waals surface area contributed by atoms with Crippen LogP contribution in [0.4, 0.5) is 13.2 Å². The average molecular weight is 650 g/mol. The SMILES string of the molecule is Cc1ccc2c(OCC(=O)[C@H](C[C@@H]3CCNC3=O)NC(=O)[C@@H]3[C@@H]4[C@H](CN3C(=O)[C@@H](NC(=O)C(F)(F)F)C(C)C)C4(C)C)noc2c1. The number of carbonyl (C=O) groups is 5. The smallest absolute Gasteiger partial charge is 0.467 e. The predicted molar refractivity (Wildman–Crippen MR) is 156 cm³/mol. The second-order valence-corrected chi connectivity index (χ2v) is 13.4. The van der Waals surface area contributed by atoms with Gasteiger partial charge in [0.2, 0.25) is 17.7 Å². The number of nitrogens with one attached hydrogen (secondary N) is 3. The van der Waals surface area contributed by atoms with Crippen LogP contribution in [0.1, 0.15) is 46.1 Å². The number of fused-ring (bicyclic) bond motifs is 2.